The molecule has 0 unspecified atom stereocenters. The molecule has 1 N–H and O–H groups in total. The highest BCUT2D eigenvalue weighted by Gasteiger charge is 2.34. The number of halogens is 2. The minimum atomic E-state index is -3.88. The van der Waals surface area contributed by atoms with Gasteiger partial charge < -0.3 is 10.2 Å². The van der Waals surface area contributed by atoms with E-state index in [9.17, 15) is 18.0 Å². The van der Waals surface area contributed by atoms with Crippen LogP contribution in [-0.4, -0.2) is 49.5 Å². The lowest BCUT2D eigenvalue weighted by molar-refractivity contribution is -0.140. The fourth-order valence-corrected chi connectivity index (χ4v) is 5.80. The molecule has 7 nitrogen and oxygen atoms in total. The van der Waals surface area contributed by atoms with Gasteiger partial charge in [-0.15, -0.1) is 0 Å². The van der Waals surface area contributed by atoms with Crippen LogP contribution in [0.25, 0.3) is 0 Å². The largest absolute Gasteiger partial charge is 0.350 e. The number of carbonyl (C=O) groups excluding carboxylic acids is 2. The maximum atomic E-state index is 14.2. The summed E-state index contributed by atoms with van der Waals surface area (Å²) in [6.45, 7) is 6.97. The summed E-state index contributed by atoms with van der Waals surface area (Å²) in [5.74, 6) is -0.848. The van der Waals surface area contributed by atoms with E-state index in [2.05, 4.69) is 21.2 Å². The molecule has 0 heterocycles. The van der Waals surface area contributed by atoms with Crippen LogP contribution in [0.4, 0.5) is 5.69 Å². The monoisotopic (exact) mass is 647 g/mol. The number of hydrogen-bond donors (Lipinski definition) is 1. The van der Waals surface area contributed by atoms with Crippen molar-refractivity contribution in [2.45, 2.75) is 52.2 Å². The number of aryl methyl sites for hydroxylation is 1. The van der Waals surface area contributed by atoms with Crippen molar-refractivity contribution in [3.63, 3.8) is 0 Å². The third kappa shape index (κ3) is 9.08. The van der Waals surface area contributed by atoms with Gasteiger partial charge in [0.25, 0.3) is 0 Å². The zero-order chi connectivity index (χ0) is 29.7. The van der Waals surface area contributed by atoms with Crippen LogP contribution in [0, 0.1) is 6.92 Å². The molecule has 214 valence electrons. The zero-order valence-corrected chi connectivity index (χ0v) is 26.5. The number of sulfonamides is 1. The Morgan fingerprint density at radius 2 is 1.62 bits per heavy atom. The van der Waals surface area contributed by atoms with Crippen molar-refractivity contribution >= 4 is 55.1 Å². The molecule has 0 radical (unpaired) electrons. The van der Waals surface area contributed by atoms with E-state index >= 15 is 0 Å². The fourth-order valence-electron chi connectivity index (χ4n) is 4.28. The summed E-state index contributed by atoms with van der Waals surface area (Å²) in [6.07, 6.45) is 1.30. The summed E-state index contributed by atoms with van der Waals surface area (Å²) >= 11 is 9.68. The maximum Gasteiger partial charge on any atom is 0.244 e. The van der Waals surface area contributed by atoms with Gasteiger partial charge in [0.2, 0.25) is 21.8 Å². The summed E-state index contributed by atoms with van der Waals surface area (Å²) < 4.78 is 27.8. The molecular formula is C30H35BrClN3O4S. The third-order valence-corrected chi connectivity index (χ3v) is 7.99. The number of hydrogen-bond acceptors (Lipinski definition) is 4. The van der Waals surface area contributed by atoms with E-state index in [1.165, 1.54) is 11.0 Å². The summed E-state index contributed by atoms with van der Waals surface area (Å²) in [5.41, 5.74) is 2.06. The summed E-state index contributed by atoms with van der Waals surface area (Å²) in [7, 11) is -3.88. The van der Waals surface area contributed by atoms with Crippen LogP contribution in [0.5, 0.6) is 0 Å². The molecular weight excluding hydrogens is 614 g/mol. The van der Waals surface area contributed by atoms with Gasteiger partial charge in [-0.1, -0.05) is 76.1 Å². The molecule has 0 saturated heterocycles. The van der Waals surface area contributed by atoms with Crippen LogP contribution >= 0.6 is 27.5 Å². The van der Waals surface area contributed by atoms with Gasteiger partial charge in [-0.05, 0) is 68.7 Å². The lowest BCUT2D eigenvalue weighted by atomic mass is 10.0. The van der Waals surface area contributed by atoms with Crippen molar-refractivity contribution < 1.29 is 18.0 Å². The Morgan fingerprint density at radius 1 is 0.975 bits per heavy atom. The molecule has 3 aromatic carbocycles. The van der Waals surface area contributed by atoms with E-state index in [0.29, 0.717) is 16.3 Å². The van der Waals surface area contributed by atoms with Crippen molar-refractivity contribution in [2.75, 3.05) is 17.1 Å². The Labute approximate surface area is 250 Å². The Bertz CT molecular complexity index is 1460. The molecule has 0 aliphatic rings. The molecule has 0 saturated carbocycles. The number of nitrogens with zero attached hydrogens (tertiary/aromatic N) is 2. The van der Waals surface area contributed by atoms with Gasteiger partial charge in [0, 0.05) is 28.0 Å². The minimum absolute atomic E-state index is 0.0967. The van der Waals surface area contributed by atoms with Crippen molar-refractivity contribution in [3.8, 4) is 0 Å². The summed E-state index contributed by atoms with van der Waals surface area (Å²) in [6, 6.07) is 20.9. The second kappa shape index (κ2) is 13.2. The number of benzene rings is 3. The standard InChI is InChI=1S/C30H35BrClN3O4S/c1-21-14-15-25(32)18-26(21)35(40(5,38)39)20-28(36)34(19-23-12-9-13-24(31)16-23)27(29(37)33-30(2,3)4)17-22-10-7-6-8-11-22/h6-16,18,27H,17,19-20H2,1-5H3,(H,33,37)/t27-/m0/s1. The van der Waals surface area contributed by atoms with Crippen molar-refractivity contribution in [3.05, 3.63) is 99.0 Å². The minimum Gasteiger partial charge on any atom is -0.350 e. The van der Waals surface area contributed by atoms with Crippen LogP contribution in [0.3, 0.4) is 0 Å². The highest BCUT2D eigenvalue weighted by atomic mass is 79.9. The molecule has 0 bridgehead atoms. The molecule has 0 spiro atoms. The highest BCUT2D eigenvalue weighted by Crippen LogP contribution is 2.27. The van der Waals surface area contributed by atoms with Gasteiger partial charge in [-0.2, -0.15) is 0 Å². The lowest BCUT2D eigenvalue weighted by Gasteiger charge is -2.35. The van der Waals surface area contributed by atoms with E-state index in [1.807, 2.05) is 75.4 Å². The van der Waals surface area contributed by atoms with E-state index < -0.39 is 34.1 Å². The quantitative estimate of drug-likeness (QED) is 0.304. The molecule has 0 fully saturated rings. The number of carbonyl (C=O) groups is 2. The SMILES string of the molecule is Cc1ccc(Cl)cc1N(CC(=O)N(Cc1cccc(Br)c1)[C@@H](Cc1ccccc1)C(=O)NC(C)(C)C)S(C)(=O)=O. The van der Waals surface area contributed by atoms with E-state index in [-0.39, 0.29) is 18.9 Å². The average molecular weight is 649 g/mol. The highest BCUT2D eigenvalue weighted by molar-refractivity contribution is 9.10. The lowest BCUT2D eigenvalue weighted by Crippen LogP contribution is -2.56. The van der Waals surface area contributed by atoms with E-state index in [4.69, 9.17) is 11.6 Å². The van der Waals surface area contributed by atoms with E-state index in [1.54, 1.807) is 19.1 Å². The third-order valence-electron chi connectivity index (χ3n) is 6.13. The number of nitrogens with one attached hydrogen (secondary N) is 1. The second-order valence-electron chi connectivity index (χ2n) is 10.8. The van der Waals surface area contributed by atoms with Crippen LogP contribution < -0.4 is 9.62 Å². The van der Waals surface area contributed by atoms with Crippen molar-refractivity contribution in [1.82, 2.24) is 10.2 Å². The smallest absolute Gasteiger partial charge is 0.244 e. The van der Waals surface area contributed by atoms with Crippen LogP contribution in [-0.2, 0) is 32.6 Å². The van der Waals surface area contributed by atoms with Gasteiger partial charge in [-0.3, -0.25) is 13.9 Å². The first-order valence-corrected chi connectivity index (χ1v) is 15.8. The van der Waals surface area contributed by atoms with Gasteiger partial charge >= 0.3 is 0 Å². The van der Waals surface area contributed by atoms with E-state index in [0.717, 1.165) is 26.2 Å². The van der Waals surface area contributed by atoms with Gasteiger partial charge in [0.15, 0.2) is 0 Å². The Morgan fingerprint density at radius 3 is 2.23 bits per heavy atom. The number of anilines is 1. The summed E-state index contributed by atoms with van der Waals surface area (Å²) in [5, 5.41) is 3.36. The van der Waals surface area contributed by atoms with Gasteiger partial charge in [0.05, 0.1) is 11.9 Å². The van der Waals surface area contributed by atoms with Crippen LogP contribution in [0.15, 0.2) is 77.3 Å². The molecule has 3 aromatic rings. The molecule has 1 atom stereocenters. The normalized spacial score (nSPS) is 12.5. The average Bonchev–Trinajstić information content (AvgIpc) is 2.85. The maximum absolute atomic E-state index is 14.2. The molecule has 40 heavy (non-hydrogen) atoms. The first-order valence-electron chi connectivity index (χ1n) is 12.8. The molecule has 0 aliphatic carbocycles. The van der Waals surface area contributed by atoms with Gasteiger partial charge in [0.1, 0.15) is 12.6 Å². The second-order valence-corrected chi connectivity index (χ2v) is 14.1. The fraction of sp³-hybridized carbons (Fsp3) is 0.333. The molecule has 10 heteroatoms. The predicted molar refractivity (Wildman–Crippen MR) is 165 cm³/mol. The topological polar surface area (TPSA) is 86.8 Å². The first-order chi connectivity index (χ1) is 18.6. The van der Waals surface area contributed by atoms with Crippen LogP contribution in [0.1, 0.15) is 37.5 Å². The Kier molecular flexibility index (Phi) is 10.4. The predicted octanol–water partition coefficient (Wildman–Crippen LogP) is 5.73. The molecule has 3 rings (SSSR count). The van der Waals surface area contributed by atoms with Crippen molar-refractivity contribution in [1.29, 1.82) is 0 Å². The summed E-state index contributed by atoms with van der Waals surface area (Å²) in [4.78, 5) is 29.4. The Balaban J connectivity index is 2.10. The number of rotatable bonds is 10. The van der Waals surface area contributed by atoms with Gasteiger partial charge in [-0.25, -0.2) is 8.42 Å². The molecule has 0 aromatic heterocycles. The first kappa shape index (κ1) is 31.6. The molecule has 2 amide bonds. The van der Waals surface area contributed by atoms with Crippen molar-refractivity contribution in [2.24, 2.45) is 0 Å². The molecule has 0 aliphatic heterocycles. The Hall–Kier alpha value is -2.88. The zero-order valence-electron chi connectivity index (χ0n) is 23.3. The number of amides is 2. The van der Waals surface area contributed by atoms with Crippen LogP contribution in [0.2, 0.25) is 5.02 Å².